The average molecular weight is 205 g/mol. The molecule has 0 fully saturated rings. The van der Waals surface area contributed by atoms with Gasteiger partial charge in [-0.15, -0.1) is 0 Å². The minimum Gasteiger partial charge on any atom is -0.345 e. The molecule has 1 N–H and O–H groups in total. The number of rotatable bonds is 3. The van der Waals surface area contributed by atoms with E-state index in [4.69, 9.17) is 4.52 Å². The summed E-state index contributed by atoms with van der Waals surface area (Å²) < 4.78 is 4.94. The summed E-state index contributed by atoms with van der Waals surface area (Å²) in [5.74, 6) is 1.71. The molecular weight excluding hydrogens is 194 g/mol. The summed E-state index contributed by atoms with van der Waals surface area (Å²) in [6.45, 7) is 4.12. The van der Waals surface area contributed by atoms with Crippen LogP contribution in [0.3, 0.4) is 0 Å². The van der Waals surface area contributed by atoms with Crippen LogP contribution in [0.5, 0.6) is 0 Å². The number of aryl methyl sites for hydroxylation is 2. The standard InChI is InChI=1S/C9H11N5O/c1-6-3-4-10-9(12-6)11-5-8-13-7(2)14-15-8/h3-4H,5H2,1-2H3,(H,10,11,12). The van der Waals surface area contributed by atoms with Crippen LogP contribution in [-0.4, -0.2) is 20.1 Å². The highest BCUT2D eigenvalue weighted by Gasteiger charge is 2.02. The number of aromatic nitrogens is 4. The molecule has 78 valence electrons. The number of hydrogen-bond acceptors (Lipinski definition) is 6. The Labute approximate surface area is 86.8 Å². The number of nitrogens with zero attached hydrogens (tertiary/aromatic N) is 4. The van der Waals surface area contributed by atoms with Gasteiger partial charge >= 0.3 is 0 Å². The molecule has 0 radical (unpaired) electrons. The lowest BCUT2D eigenvalue weighted by Crippen LogP contribution is -2.04. The Kier molecular flexibility index (Phi) is 2.57. The first-order valence-corrected chi connectivity index (χ1v) is 4.57. The van der Waals surface area contributed by atoms with Crippen molar-refractivity contribution in [2.24, 2.45) is 0 Å². The number of hydrogen-bond donors (Lipinski definition) is 1. The molecule has 2 aromatic rings. The van der Waals surface area contributed by atoms with Crippen molar-refractivity contribution in [3.05, 3.63) is 29.7 Å². The Morgan fingerprint density at radius 3 is 2.87 bits per heavy atom. The molecule has 0 aromatic carbocycles. The van der Waals surface area contributed by atoms with Crippen molar-refractivity contribution in [3.8, 4) is 0 Å². The third-order valence-corrected chi connectivity index (χ3v) is 1.76. The van der Waals surface area contributed by atoms with Gasteiger partial charge in [-0.25, -0.2) is 9.97 Å². The third-order valence-electron chi connectivity index (χ3n) is 1.76. The second-order valence-electron chi connectivity index (χ2n) is 3.11. The van der Waals surface area contributed by atoms with Gasteiger partial charge in [0.25, 0.3) is 0 Å². The van der Waals surface area contributed by atoms with E-state index in [1.54, 1.807) is 13.1 Å². The fourth-order valence-electron chi connectivity index (χ4n) is 1.10. The second-order valence-corrected chi connectivity index (χ2v) is 3.11. The van der Waals surface area contributed by atoms with Crippen LogP contribution in [-0.2, 0) is 6.54 Å². The van der Waals surface area contributed by atoms with Gasteiger partial charge in [-0.2, -0.15) is 4.98 Å². The van der Waals surface area contributed by atoms with Crippen molar-refractivity contribution in [1.29, 1.82) is 0 Å². The van der Waals surface area contributed by atoms with Gasteiger partial charge in [0.1, 0.15) is 0 Å². The summed E-state index contributed by atoms with van der Waals surface area (Å²) in [5, 5.41) is 6.68. The molecule has 0 spiro atoms. The van der Waals surface area contributed by atoms with Crippen molar-refractivity contribution < 1.29 is 4.52 Å². The highest BCUT2D eigenvalue weighted by molar-refractivity contribution is 5.24. The summed E-state index contributed by atoms with van der Waals surface area (Å²) in [7, 11) is 0. The van der Waals surface area contributed by atoms with E-state index >= 15 is 0 Å². The Hall–Kier alpha value is -1.98. The van der Waals surface area contributed by atoms with Gasteiger partial charge in [-0.3, -0.25) is 0 Å². The Morgan fingerprint density at radius 2 is 2.20 bits per heavy atom. The van der Waals surface area contributed by atoms with Gasteiger partial charge in [0.05, 0.1) is 6.54 Å². The molecule has 6 heteroatoms. The molecule has 0 aliphatic rings. The normalized spacial score (nSPS) is 10.3. The molecule has 0 aliphatic heterocycles. The van der Waals surface area contributed by atoms with Crippen LogP contribution in [0.4, 0.5) is 5.95 Å². The van der Waals surface area contributed by atoms with E-state index in [0.717, 1.165) is 5.69 Å². The predicted octanol–water partition coefficient (Wildman–Crippen LogP) is 1.09. The van der Waals surface area contributed by atoms with Gasteiger partial charge in [-0.05, 0) is 19.9 Å². The van der Waals surface area contributed by atoms with Crippen LogP contribution in [0.1, 0.15) is 17.4 Å². The number of nitrogens with one attached hydrogen (secondary N) is 1. The van der Waals surface area contributed by atoms with E-state index in [0.29, 0.717) is 24.2 Å². The Bertz CT molecular complexity index is 453. The van der Waals surface area contributed by atoms with Crippen LogP contribution in [0.2, 0.25) is 0 Å². The Balaban J connectivity index is 1.99. The van der Waals surface area contributed by atoms with Gasteiger partial charge in [0, 0.05) is 11.9 Å². The molecule has 0 atom stereocenters. The quantitative estimate of drug-likeness (QED) is 0.808. The highest BCUT2D eigenvalue weighted by Crippen LogP contribution is 2.02. The first-order valence-electron chi connectivity index (χ1n) is 4.57. The minimum absolute atomic E-state index is 0.435. The zero-order valence-corrected chi connectivity index (χ0v) is 8.56. The van der Waals surface area contributed by atoms with E-state index in [9.17, 15) is 0 Å². The van der Waals surface area contributed by atoms with Gasteiger partial charge in [0.15, 0.2) is 5.82 Å². The monoisotopic (exact) mass is 205 g/mol. The van der Waals surface area contributed by atoms with E-state index in [-0.39, 0.29) is 0 Å². The zero-order chi connectivity index (χ0) is 10.7. The van der Waals surface area contributed by atoms with E-state index in [1.807, 2.05) is 13.0 Å². The van der Waals surface area contributed by atoms with E-state index in [2.05, 4.69) is 25.4 Å². The number of anilines is 1. The molecule has 0 saturated carbocycles. The summed E-state index contributed by atoms with van der Waals surface area (Å²) in [5.41, 5.74) is 0.911. The van der Waals surface area contributed by atoms with Crippen LogP contribution < -0.4 is 5.32 Å². The highest BCUT2D eigenvalue weighted by atomic mass is 16.5. The fourth-order valence-corrected chi connectivity index (χ4v) is 1.10. The average Bonchev–Trinajstić information content (AvgIpc) is 2.62. The van der Waals surface area contributed by atoms with E-state index < -0.39 is 0 Å². The van der Waals surface area contributed by atoms with Crippen molar-refractivity contribution in [2.75, 3.05) is 5.32 Å². The molecule has 15 heavy (non-hydrogen) atoms. The maximum Gasteiger partial charge on any atom is 0.246 e. The first-order chi connectivity index (χ1) is 7.24. The molecule has 6 nitrogen and oxygen atoms in total. The van der Waals surface area contributed by atoms with Crippen molar-refractivity contribution in [1.82, 2.24) is 20.1 Å². The lowest BCUT2D eigenvalue weighted by Gasteiger charge is -2.00. The molecule has 2 rings (SSSR count). The second kappa shape index (κ2) is 4.04. The molecule has 2 aromatic heterocycles. The smallest absolute Gasteiger partial charge is 0.246 e. The minimum atomic E-state index is 0.435. The fraction of sp³-hybridized carbons (Fsp3) is 0.333. The summed E-state index contributed by atoms with van der Waals surface area (Å²) in [6, 6.07) is 1.84. The molecule has 0 saturated heterocycles. The predicted molar refractivity (Wildman–Crippen MR) is 53.1 cm³/mol. The Morgan fingerprint density at radius 1 is 1.33 bits per heavy atom. The van der Waals surface area contributed by atoms with Crippen molar-refractivity contribution >= 4 is 5.95 Å². The van der Waals surface area contributed by atoms with Crippen LogP contribution in [0, 0.1) is 13.8 Å². The molecule has 0 aliphatic carbocycles. The summed E-state index contributed by atoms with van der Waals surface area (Å²) in [4.78, 5) is 12.3. The van der Waals surface area contributed by atoms with Crippen LogP contribution >= 0.6 is 0 Å². The van der Waals surface area contributed by atoms with Crippen LogP contribution in [0.25, 0.3) is 0 Å². The third kappa shape index (κ3) is 2.49. The maximum absolute atomic E-state index is 4.94. The summed E-state index contributed by atoms with van der Waals surface area (Å²) in [6.07, 6.45) is 1.70. The van der Waals surface area contributed by atoms with Gasteiger partial charge in [0.2, 0.25) is 11.8 Å². The van der Waals surface area contributed by atoms with Crippen LogP contribution in [0.15, 0.2) is 16.8 Å². The topological polar surface area (TPSA) is 76.7 Å². The summed E-state index contributed by atoms with van der Waals surface area (Å²) >= 11 is 0. The van der Waals surface area contributed by atoms with E-state index in [1.165, 1.54) is 0 Å². The SMILES string of the molecule is Cc1ccnc(NCc2nc(C)no2)n1. The lowest BCUT2D eigenvalue weighted by molar-refractivity contribution is 0.379. The van der Waals surface area contributed by atoms with Crippen molar-refractivity contribution in [2.45, 2.75) is 20.4 Å². The van der Waals surface area contributed by atoms with Crippen molar-refractivity contribution in [3.63, 3.8) is 0 Å². The zero-order valence-electron chi connectivity index (χ0n) is 8.56. The molecular formula is C9H11N5O. The molecule has 0 bridgehead atoms. The lowest BCUT2D eigenvalue weighted by atomic mass is 10.5. The molecule has 0 unspecified atom stereocenters. The maximum atomic E-state index is 4.94. The van der Waals surface area contributed by atoms with Gasteiger partial charge in [-0.1, -0.05) is 5.16 Å². The molecule has 2 heterocycles. The molecule has 0 amide bonds. The first kappa shape index (κ1) is 9.57. The van der Waals surface area contributed by atoms with Gasteiger partial charge < -0.3 is 9.84 Å². The largest absolute Gasteiger partial charge is 0.345 e.